The molecular weight excluding hydrogens is 266 g/mol. The van der Waals surface area contributed by atoms with E-state index >= 15 is 0 Å². The number of rotatable bonds is 9. The number of esters is 2. The van der Waals surface area contributed by atoms with Crippen LogP contribution in [0.1, 0.15) is 20.3 Å². The monoisotopic (exact) mass is 287 g/mol. The van der Waals surface area contributed by atoms with Gasteiger partial charge in [-0.2, -0.15) is 0 Å². The first-order valence-electron chi connectivity index (χ1n) is 6.14. The molecule has 1 N–H and O–H groups in total. The van der Waals surface area contributed by atoms with E-state index in [4.69, 9.17) is 14.2 Å². The minimum Gasteiger partial charge on any atom is -0.462 e. The van der Waals surface area contributed by atoms with E-state index in [0.29, 0.717) is 0 Å². The minimum absolute atomic E-state index is 0.0279. The van der Waals surface area contributed by atoms with Gasteiger partial charge in [-0.25, -0.2) is 4.79 Å². The number of hydrogen-bond donors (Lipinski definition) is 1. The number of nitrogens with one attached hydrogen (secondary N) is 1. The van der Waals surface area contributed by atoms with E-state index in [1.54, 1.807) is 6.92 Å². The van der Waals surface area contributed by atoms with Crippen molar-refractivity contribution in [1.29, 1.82) is 0 Å². The van der Waals surface area contributed by atoms with Gasteiger partial charge < -0.3 is 19.5 Å². The zero-order valence-electron chi connectivity index (χ0n) is 12.1. The molecule has 7 nitrogen and oxygen atoms in total. The second kappa shape index (κ2) is 9.96. The third kappa shape index (κ3) is 9.09. The molecule has 0 saturated carbocycles. The third-order valence-corrected chi connectivity index (χ3v) is 2.07. The van der Waals surface area contributed by atoms with Crippen LogP contribution in [0.3, 0.4) is 0 Å². The molecule has 0 aromatic heterocycles. The zero-order chi connectivity index (χ0) is 15.5. The molecule has 0 aliphatic carbocycles. The van der Waals surface area contributed by atoms with Gasteiger partial charge in [-0.3, -0.25) is 9.59 Å². The van der Waals surface area contributed by atoms with Crippen molar-refractivity contribution in [3.63, 3.8) is 0 Å². The topological polar surface area (TPSA) is 90.9 Å². The van der Waals surface area contributed by atoms with Crippen molar-refractivity contribution in [2.75, 3.05) is 26.9 Å². The van der Waals surface area contributed by atoms with Crippen LogP contribution in [-0.4, -0.2) is 50.8 Å². The van der Waals surface area contributed by atoms with Crippen LogP contribution in [0.25, 0.3) is 0 Å². The average molecular weight is 287 g/mol. The zero-order valence-corrected chi connectivity index (χ0v) is 12.1. The molecular formula is C13H21NO6. The predicted octanol–water partition coefficient (Wildman–Crippen LogP) is 0.190. The fourth-order valence-electron chi connectivity index (χ4n) is 1.15. The number of carbonyl (C=O) groups excluding carboxylic acids is 3. The lowest BCUT2D eigenvalue weighted by Crippen LogP contribution is -2.33. The molecule has 7 heteroatoms. The van der Waals surface area contributed by atoms with Crippen molar-refractivity contribution in [2.45, 2.75) is 26.4 Å². The van der Waals surface area contributed by atoms with E-state index in [0.717, 1.165) is 0 Å². The molecule has 1 amide bonds. The first-order valence-corrected chi connectivity index (χ1v) is 6.14. The van der Waals surface area contributed by atoms with E-state index in [-0.39, 0.29) is 37.9 Å². The van der Waals surface area contributed by atoms with Crippen LogP contribution in [-0.2, 0) is 28.6 Å². The van der Waals surface area contributed by atoms with E-state index in [1.807, 2.05) is 0 Å². The Morgan fingerprint density at radius 2 is 1.95 bits per heavy atom. The summed E-state index contributed by atoms with van der Waals surface area (Å²) in [7, 11) is 1.50. The molecule has 0 aliphatic heterocycles. The van der Waals surface area contributed by atoms with Gasteiger partial charge in [-0.05, 0) is 13.8 Å². The third-order valence-electron chi connectivity index (χ3n) is 2.07. The van der Waals surface area contributed by atoms with Gasteiger partial charge in [0.15, 0.2) is 0 Å². The lowest BCUT2D eigenvalue weighted by atomic mass is 10.3. The summed E-state index contributed by atoms with van der Waals surface area (Å²) >= 11 is 0. The Morgan fingerprint density at radius 3 is 2.50 bits per heavy atom. The molecule has 0 spiro atoms. The molecule has 1 atom stereocenters. The van der Waals surface area contributed by atoms with Crippen molar-refractivity contribution in [3.8, 4) is 0 Å². The van der Waals surface area contributed by atoms with Crippen LogP contribution in [0.2, 0.25) is 0 Å². The highest BCUT2D eigenvalue weighted by molar-refractivity contribution is 5.87. The van der Waals surface area contributed by atoms with Gasteiger partial charge in [0.1, 0.15) is 19.3 Å². The van der Waals surface area contributed by atoms with E-state index in [1.165, 1.54) is 14.0 Å². The molecule has 0 radical (unpaired) electrons. The van der Waals surface area contributed by atoms with Crippen LogP contribution in [0.4, 0.5) is 0 Å². The summed E-state index contributed by atoms with van der Waals surface area (Å²) in [6, 6.07) is 0. The van der Waals surface area contributed by atoms with Gasteiger partial charge >= 0.3 is 11.9 Å². The van der Waals surface area contributed by atoms with Gasteiger partial charge in [0.2, 0.25) is 5.91 Å². The van der Waals surface area contributed by atoms with Gasteiger partial charge in [-0.15, -0.1) is 0 Å². The maximum Gasteiger partial charge on any atom is 0.333 e. The smallest absolute Gasteiger partial charge is 0.333 e. The molecule has 0 heterocycles. The van der Waals surface area contributed by atoms with Gasteiger partial charge in [-0.1, -0.05) is 6.58 Å². The Labute approximate surface area is 118 Å². The number of ether oxygens (including phenoxy) is 3. The highest BCUT2D eigenvalue weighted by atomic mass is 16.6. The highest BCUT2D eigenvalue weighted by Gasteiger charge is 2.11. The second-order valence-electron chi connectivity index (χ2n) is 4.20. The SMILES string of the molecule is C=C(C)C(=O)OCCC(=O)NCC(=O)OC(C)COC. The largest absolute Gasteiger partial charge is 0.462 e. The normalized spacial score (nSPS) is 11.3. The molecule has 1 unspecified atom stereocenters. The molecule has 0 aromatic carbocycles. The Balaban J connectivity index is 3.75. The Hall–Kier alpha value is -1.89. The number of carbonyl (C=O) groups is 3. The van der Waals surface area contributed by atoms with Crippen molar-refractivity contribution >= 4 is 17.8 Å². The molecule has 0 rings (SSSR count). The molecule has 20 heavy (non-hydrogen) atoms. The summed E-state index contributed by atoms with van der Waals surface area (Å²) in [6.45, 7) is 6.59. The highest BCUT2D eigenvalue weighted by Crippen LogP contribution is 1.94. The van der Waals surface area contributed by atoms with Gasteiger partial charge in [0.05, 0.1) is 13.0 Å². The Bertz CT molecular complexity index is 366. The number of methoxy groups -OCH3 is 1. The van der Waals surface area contributed by atoms with E-state index < -0.39 is 17.8 Å². The van der Waals surface area contributed by atoms with Crippen LogP contribution >= 0.6 is 0 Å². The van der Waals surface area contributed by atoms with Crippen LogP contribution in [0.15, 0.2) is 12.2 Å². The molecule has 114 valence electrons. The number of amides is 1. The van der Waals surface area contributed by atoms with E-state index in [9.17, 15) is 14.4 Å². The van der Waals surface area contributed by atoms with Crippen LogP contribution in [0, 0.1) is 0 Å². The lowest BCUT2D eigenvalue weighted by Gasteiger charge is -2.12. The molecule has 0 fully saturated rings. The predicted molar refractivity (Wildman–Crippen MR) is 70.8 cm³/mol. The average Bonchev–Trinajstić information content (AvgIpc) is 2.36. The van der Waals surface area contributed by atoms with Crippen molar-refractivity contribution < 1.29 is 28.6 Å². The quantitative estimate of drug-likeness (QED) is 0.481. The first kappa shape index (κ1) is 18.1. The summed E-state index contributed by atoms with van der Waals surface area (Å²) in [5.74, 6) is -1.51. The number of hydrogen-bond acceptors (Lipinski definition) is 6. The lowest BCUT2D eigenvalue weighted by molar-refractivity contribution is -0.150. The maximum atomic E-state index is 11.4. The van der Waals surface area contributed by atoms with E-state index in [2.05, 4.69) is 11.9 Å². The van der Waals surface area contributed by atoms with Gasteiger partial charge in [0, 0.05) is 12.7 Å². The second-order valence-corrected chi connectivity index (χ2v) is 4.20. The summed E-state index contributed by atoms with van der Waals surface area (Å²) in [4.78, 5) is 33.7. The van der Waals surface area contributed by atoms with Gasteiger partial charge in [0.25, 0.3) is 0 Å². The standard InChI is InChI=1S/C13H21NO6/c1-9(2)13(17)19-6-5-11(15)14-7-12(16)20-10(3)8-18-4/h10H,1,5-8H2,2-4H3,(H,14,15). The Kier molecular flexibility index (Phi) is 9.02. The van der Waals surface area contributed by atoms with Crippen LogP contribution < -0.4 is 5.32 Å². The molecule has 0 saturated heterocycles. The summed E-state index contributed by atoms with van der Waals surface area (Å²) < 4.78 is 14.5. The Morgan fingerprint density at radius 1 is 1.30 bits per heavy atom. The molecule has 0 aliphatic rings. The fourth-order valence-corrected chi connectivity index (χ4v) is 1.15. The van der Waals surface area contributed by atoms with Crippen LogP contribution in [0.5, 0.6) is 0 Å². The maximum absolute atomic E-state index is 11.4. The fraction of sp³-hybridized carbons (Fsp3) is 0.615. The summed E-state index contributed by atoms with van der Waals surface area (Å²) in [5.41, 5.74) is 0.265. The van der Waals surface area contributed by atoms with Crippen molar-refractivity contribution in [3.05, 3.63) is 12.2 Å². The summed E-state index contributed by atoms with van der Waals surface area (Å²) in [5, 5.41) is 2.36. The molecule has 0 bridgehead atoms. The summed E-state index contributed by atoms with van der Waals surface area (Å²) in [6.07, 6.45) is -0.402. The first-order chi connectivity index (χ1) is 9.36. The molecule has 0 aromatic rings. The minimum atomic E-state index is -0.554. The van der Waals surface area contributed by atoms with Crippen molar-refractivity contribution in [2.24, 2.45) is 0 Å². The van der Waals surface area contributed by atoms with Crippen molar-refractivity contribution in [1.82, 2.24) is 5.32 Å².